The number of aromatic nitrogens is 1. The molecule has 2 heterocycles. The fourth-order valence-corrected chi connectivity index (χ4v) is 2.15. The molecule has 1 aliphatic heterocycles. The zero-order valence-electron chi connectivity index (χ0n) is 9.23. The van der Waals surface area contributed by atoms with Crippen molar-refractivity contribution >= 4 is 11.6 Å². The second kappa shape index (κ2) is 4.01. The summed E-state index contributed by atoms with van der Waals surface area (Å²) >= 11 is 0. The highest BCUT2D eigenvalue weighted by molar-refractivity contribution is 5.98. The van der Waals surface area contributed by atoms with Crippen molar-refractivity contribution in [3.8, 4) is 0 Å². The predicted octanol–water partition coefficient (Wildman–Crippen LogP) is 2.27. The number of rotatable bonds is 2. The molecular weight excluding hydrogens is 188 g/mol. The van der Waals surface area contributed by atoms with Crippen LogP contribution in [0.25, 0.3) is 0 Å². The van der Waals surface area contributed by atoms with E-state index in [-0.39, 0.29) is 5.78 Å². The lowest BCUT2D eigenvalue weighted by atomic mass is 10.1. The predicted molar refractivity (Wildman–Crippen MR) is 60.3 cm³/mol. The molecule has 0 N–H and O–H groups in total. The summed E-state index contributed by atoms with van der Waals surface area (Å²) in [5.74, 6) is 0.951. The van der Waals surface area contributed by atoms with Crippen LogP contribution in [0.4, 0.5) is 5.82 Å². The van der Waals surface area contributed by atoms with Crippen LogP contribution in [-0.2, 0) is 0 Å². The summed E-state index contributed by atoms with van der Waals surface area (Å²) in [5.41, 5.74) is 0.742. The van der Waals surface area contributed by atoms with Crippen LogP contribution in [0, 0.1) is 0 Å². The maximum atomic E-state index is 11.5. The molecule has 15 heavy (non-hydrogen) atoms. The van der Waals surface area contributed by atoms with Gasteiger partial charge in [-0.1, -0.05) is 0 Å². The van der Waals surface area contributed by atoms with Gasteiger partial charge in [-0.15, -0.1) is 0 Å². The molecule has 2 rings (SSSR count). The minimum Gasteiger partial charge on any atom is -0.353 e. The van der Waals surface area contributed by atoms with E-state index in [1.807, 2.05) is 12.1 Å². The molecule has 0 radical (unpaired) electrons. The summed E-state index contributed by atoms with van der Waals surface area (Å²) in [7, 11) is 0. The normalized spacial score (nSPS) is 20.7. The fraction of sp³-hybridized carbons (Fsp3) is 0.500. The van der Waals surface area contributed by atoms with E-state index < -0.39 is 0 Å². The van der Waals surface area contributed by atoms with E-state index in [4.69, 9.17) is 0 Å². The molecule has 1 aliphatic rings. The van der Waals surface area contributed by atoms with Crippen LogP contribution in [0.15, 0.2) is 18.3 Å². The van der Waals surface area contributed by atoms with E-state index in [1.54, 1.807) is 13.1 Å². The molecule has 1 saturated heterocycles. The van der Waals surface area contributed by atoms with Crippen LogP contribution in [0.3, 0.4) is 0 Å². The number of pyridine rings is 1. The van der Waals surface area contributed by atoms with Crippen LogP contribution in [0.5, 0.6) is 0 Å². The lowest BCUT2D eigenvalue weighted by Crippen LogP contribution is -2.28. The van der Waals surface area contributed by atoms with Gasteiger partial charge in [-0.2, -0.15) is 0 Å². The number of hydrogen-bond acceptors (Lipinski definition) is 3. The summed E-state index contributed by atoms with van der Waals surface area (Å²) in [6.07, 6.45) is 4.13. The minimum absolute atomic E-state index is 0.0946. The minimum atomic E-state index is 0.0946. The van der Waals surface area contributed by atoms with Gasteiger partial charge in [0.2, 0.25) is 0 Å². The number of hydrogen-bond donors (Lipinski definition) is 0. The number of Topliss-reactive ketones (excluding diaryl/α,β-unsaturated/α-hetero) is 1. The third-order valence-electron chi connectivity index (χ3n) is 2.99. The quantitative estimate of drug-likeness (QED) is 0.693. The Morgan fingerprint density at radius 3 is 3.00 bits per heavy atom. The molecule has 1 aromatic rings. The number of nitrogens with zero attached hydrogens (tertiary/aromatic N) is 2. The monoisotopic (exact) mass is 204 g/mol. The molecule has 0 aliphatic carbocycles. The highest BCUT2D eigenvalue weighted by atomic mass is 16.1. The van der Waals surface area contributed by atoms with Gasteiger partial charge in [-0.25, -0.2) is 4.98 Å². The van der Waals surface area contributed by atoms with Crippen LogP contribution in [-0.4, -0.2) is 23.4 Å². The lowest BCUT2D eigenvalue weighted by molar-refractivity contribution is 0.101. The van der Waals surface area contributed by atoms with E-state index in [1.165, 1.54) is 12.8 Å². The van der Waals surface area contributed by atoms with Crippen molar-refractivity contribution in [3.63, 3.8) is 0 Å². The zero-order chi connectivity index (χ0) is 10.8. The van der Waals surface area contributed by atoms with Crippen molar-refractivity contribution in [2.45, 2.75) is 32.7 Å². The fourth-order valence-electron chi connectivity index (χ4n) is 2.15. The Morgan fingerprint density at radius 2 is 2.40 bits per heavy atom. The molecule has 0 spiro atoms. The van der Waals surface area contributed by atoms with Crippen molar-refractivity contribution < 1.29 is 4.79 Å². The molecule has 0 aromatic carbocycles. The topological polar surface area (TPSA) is 33.2 Å². The molecule has 1 atom stereocenters. The molecule has 0 amide bonds. The molecule has 0 saturated carbocycles. The molecule has 1 fully saturated rings. The van der Waals surface area contributed by atoms with Crippen LogP contribution in [0.2, 0.25) is 0 Å². The second-order valence-electron chi connectivity index (χ2n) is 4.12. The van der Waals surface area contributed by atoms with Crippen molar-refractivity contribution in [1.29, 1.82) is 0 Å². The van der Waals surface area contributed by atoms with Gasteiger partial charge in [0.05, 0.1) is 5.56 Å². The van der Waals surface area contributed by atoms with E-state index in [2.05, 4.69) is 16.8 Å². The van der Waals surface area contributed by atoms with Crippen molar-refractivity contribution in [3.05, 3.63) is 23.9 Å². The molecule has 3 nitrogen and oxygen atoms in total. The van der Waals surface area contributed by atoms with Gasteiger partial charge in [-0.05, 0) is 38.8 Å². The highest BCUT2D eigenvalue weighted by Crippen LogP contribution is 2.26. The van der Waals surface area contributed by atoms with Gasteiger partial charge in [0.15, 0.2) is 5.78 Å². The Morgan fingerprint density at radius 1 is 1.60 bits per heavy atom. The first-order chi connectivity index (χ1) is 7.20. The lowest BCUT2D eigenvalue weighted by Gasteiger charge is -2.24. The molecule has 1 aromatic heterocycles. The van der Waals surface area contributed by atoms with Gasteiger partial charge in [0, 0.05) is 18.8 Å². The van der Waals surface area contributed by atoms with Crippen molar-refractivity contribution in [2.75, 3.05) is 11.4 Å². The SMILES string of the molecule is CC(=O)c1cccnc1N1CCCC1C. The van der Waals surface area contributed by atoms with Crippen molar-refractivity contribution in [1.82, 2.24) is 4.98 Å². The van der Waals surface area contributed by atoms with Gasteiger partial charge in [0.1, 0.15) is 5.82 Å². The summed E-state index contributed by atoms with van der Waals surface area (Å²) in [6.45, 7) is 4.80. The summed E-state index contributed by atoms with van der Waals surface area (Å²) in [4.78, 5) is 18.0. The first-order valence-electron chi connectivity index (χ1n) is 5.42. The van der Waals surface area contributed by atoms with E-state index in [0.717, 1.165) is 17.9 Å². The zero-order valence-corrected chi connectivity index (χ0v) is 9.23. The maximum absolute atomic E-state index is 11.5. The largest absolute Gasteiger partial charge is 0.353 e. The van der Waals surface area contributed by atoms with Gasteiger partial charge in [0.25, 0.3) is 0 Å². The van der Waals surface area contributed by atoms with Gasteiger partial charge < -0.3 is 4.90 Å². The highest BCUT2D eigenvalue weighted by Gasteiger charge is 2.24. The molecule has 0 bridgehead atoms. The van der Waals surface area contributed by atoms with E-state index in [0.29, 0.717) is 6.04 Å². The van der Waals surface area contributed by atoms with Crippen LogP contribution in [0.1, 0.15) is 37.0 Å². The molecule has 80 valence electrons. The number of anilines is 1. The molecule has 1 unspecified atom stereocenters. The third kappa shape index (κ3) is 1.87. The molecular formula is C12H16N2O. The van der Waals surface area contributed by atoms with Crippen LogP contribution < -0.4 is 4.90 Å². The smallest absolute Gasteiger partial charge is 0.163 e. The van der Waals surface area contributed by atoms with Crippen molar-refractivity contribution in [2.24, 2.45) is 0 Å². The number of ketones is 1. The van der Waals surface area contributed by atoms with E-state index in [9.17, 15) is 4.79 Å². The summed E-state index contributed by atoms with van der Waals surface area (Å²) < 4.78 is 0. The first-order valence-corrected chi connectivity index (χ1v) is 5.42. The first kappa shape index (κ1) is 10.1. The summed E-state index contributed by atoms with van der Waals surface area (Å²) in [6, 6.07) is 4.18. The van der Waals surface area contributed by atoms with Gasteiger partial charge in [-0.3, -0.25) is 4.79 Å². The van der Waals surface area contributed by atoms with Crippen LogP contribution >= 0.6 is 0 Å². The standard InChI is InChI=1S/C12H16N2O/c1-9-5-4-8-14(9)12-11(10(2)15)6-3-7-13-12/h3,6-7,9H,4-5,8H2,1-2H3. The number of carbonyl (C=O) groups excluding carboxylic acids is 1. The Labute approximate surface area is 90.1 Å². The number of carbonyl (C=O) groups is 1. The second-order valence-corrected chi connectivity index (χ2v) is 4.12. The molecule has 3 heteroatoms. The summed E-state index contributed by atoms with van der Waals surface area (Å²) in [5, 5.41) is 0. The third-order valence-corrected chi connectivity index (χ3v) is 2.99. The Bertz CT molecular complexity index is 376. The Kier molecular flexibility index (Phi) is 2.71. The Hall–Kier alpha value is -1.38. The average Bonchev–Trinajstić information content (AvgIpc) is 2.64. The maximum Gasteiger partial charge on any atom is 0.163 e. The average molecular weight is 204 g/mol. The Balaban J connectivity index is 2.38. The van der Waals surface area contributed by atoms with Gasteiger partial charge >= 0.3 is 0 Å². The van der Waals surface area contributed by atoms with E-state index >= 15 is 0 Å².